The molecule has 4 aromatic rings. The predicted molar refractivity (Wildman–Crippen MR) is 123 cm³/mol. The van der Waals surface area contributed by atoms with Crippen molar-refractivity contribution in [2.75, 3.05) is 11.4 Å². The molecule has 0 aliphatic carbocycles. The molecule has 0 unspecified atom stereocenters. The quantitative estimate of drug-likeness (QED) is 0.255. The number of aromatic nitrogens is 3. The first-order valence-electron chi connectivity index (χ1n) is 9.55. The molecule has 0 saturated carbocycles. The fourth-order valence-corrected chi connectivity index (χ4v) is 4.73. The summed E-state index contributed by atoms with van der Waals surface area (Å²) in [4.78, 5) is 34.0. The Balaban J connectivity index is 1.55. The molecule has 158 valence electrons. The molecular formula is C21H18BrN5O3S. The molecule has 0 aliphatic heterocycles. The molecular weight excluding hydrogens is 482 g/mol. The van der Waals surface area contributed by atoms with E-state index in [-0.39, 0.29) is 18.0 Å². The molecule has 0 atom stereocenters. The minimum Gasteiger partial charge on any atom is -0.337 e. The second-order valence-electron chi connectivity index (χ2n) is 6.91. The van der Waals surface area contributed by atoms with Crippen LogP contribution in [0.3, 0.4) is 0 Å². The molecule has 0 radical (unpaired) electrons. The average molecular weight is 500 g/mol. The number of nitro benzene ring substituents is 1. The lowest BCUT2D eigenvalue weighted by atomic mass is 10.1. The van der Waals surface area contributed by atoms with Crippen molar-refractivity contribution < 1.29 is 9.72 Å². The Kier molecular flexibility index (Phi) is 6.38. The summed E-state index contributed by atoms with van der Waals surface area (Å²) in [6.07, 6.45) is 6.24. The summed E-state index contributed by atoms with van der Waals surface area (Å²) in [5.41, 5.74) is 1.56. The summed E-state index contributed by atoms with van der Waals surface area (Å²) in [6, 6.07) is 11.9. The zero-order valence-electron chi connectivity index (χ0n) is 16.3. The number of non-ortho nitro benzene ring substituents is 1. The van der Waals surface area contributed by atoms with E-state index in [1.165, 1.54) is 23.5 Å². The lowest BCUT2D eigenvalue weighted by Crippen LogP contribution is -2.33. The van der Waals surface area contributed by atoms with Crippen LogP contribution in [-0.2, 0) is 17.8 Å². The Hall–Kier alpha value is -3.11. The fourth-order valence-electron chi connectivity index (χ4n) is 3.16. The van der Waals surface area contributed by atoms with Gasteiger partial charge in [0.25, 0.3) is 5.69 Å². The van der Waals surface area contributed by atoms with Gasteiger partial charge in [0.1, 0.15) is 0 Å². The third-order valence-corrected chi connectivity index (χ3v) is 6.27. The van der Waals surface area contributed by atoms with Crippen LogP contribution in [0, 0.1) is 10.1 Å². The van der Waals surface area contributed by atoms with E-state index in [0.717, 1.165) is 33.2 Å². The maximum Gasteiger partial charge on any atom is 0.269 e. The average Bonchev–Trinajstić information content (AvgIpc) is 3.40. The van der Waals surface area contributed by atoms with Crippen LogP contribution >= 0.6 is 27.3 Å². The molecule has 10 heteroatoms. The van der Waals surface area contributed by atoms with Gasteiger partial charge in [-0.1, -0.05) is 39.4 Å². The minimum absolute atomic E-state index is 0.00476. The molecule has 2 aromatic heterocycles. The summed E-state index contributed by atoms with van der Waals surface area (Å²) in [5, 5.41) is 11.5. The van der Waals surface area contributed by atoms with Gasteiger partial charge in [-0.15, -0.1) is 0 Å². The SMILES string of the molecule is O=C(Cc1ccc([N+](=O)[O-])cc1)N(CCCn1ccnc1)c1nc2ccc(Br)cc2s1. The van der Waals surface area contributed by atoms with Gasteiger partial charge in [0.2, 0.25) is 5.91 Å². The number of rotatable bonds is 8. The number of aryl methyl sites for hydroxylation is 1. The van der Waals surface area contributed by atoms with Crippen LogP contribution in [0.1, 0.15) is 12.0 Å². The largest absolute Gasteiger partial charge is 0.337 e. The van der Waals surface area contributed by atoms with E-state index >= 15 is 0 Å². The summed E-state index contributed by atoms with van der Waals surface area (Å²) < 4.78 is 3.92. The van der Waals surface area contributed by atoms with Crippen LogP contribution < -0.4 is 4.90 Å². The first-order chi connectivity index (χ1) is 15.0. The molecule has 2 heterocycles. The number of amides is 1. The summed E-state index contributed by atoms with van der Waals surface area (Å²) in [7, 11) is 0. The number of carbonyl (C=O) groups is 1. The molecule has 1 amide bonds. The van der Waals surface area contributed by atoms with E-state index in [1.807, 2.05) is 29.0 Å². The maximum absolute atomic E-state index is 13.2. The Morgan fingerprint density at radius 2 is 2.03 bits per heavy atom. The van der Waals surface area contributed by atoms with Crippen molar-refractivity contribution in [1.29, 1.82) is 0 Å². The topological polar surface area (TPSA) is 94.2 Å². The molecule has 2 aromatic carbocycles. The number of hydrogen-bond acceptors (Lipinski definition) is 6. The van der Waals surface area contributed by atoms with Crippen LogP contribution in [0.5, 0.6) is 0 Å². The van der Waals surface area contributed by atoms with Crippen LogP contribution in [0.2, 0.25) is 0 Å². The van der Waals surface area contributed by atoms with Gasteiger partial charge in [0.15, 0.2) is 5.13 Å². The monoisotopic (exact) mass is 499 g/mol. The molecule has 31 heavy (non-hydrogen) atoms. The van der Waals surface area contributed by atoms with Crippen LogP contribution in [0.15, 0.2) is 65.7 Å². The summed E-state index contributed by atoms with van der Waals surface area (Å²) in [6.45, 7) is 1.24. The number of halogens is 1. The Morgan fingerprint density at radius 3 is 2.74 bits per heavy atom. The minimum atomic E-state index is -0.451. The van der Waals surface area contributed by atoms with Gasteiger partial charge in [-0.3, -0.25) is 19.8 Å². The van der Waals surface area contributed by atoms with Crippen molar-refractivity contribution in [3.05, 3.63) is 81.3 Å². The number of benzene rings is 2. The van der Waals surface area contributed by atoms with Crippen molar-refractivity contribution >= 4 is 54.2 Å². The van der Waals surface area contributed by atoms with Gasteiger partial charge in [-0.25, -0.2) is 9.97 Å². The van der Waals surface area contributed by atoms with E-state index < -0.39 is 4.92 Å². The number of nitrogens with zero attached hydrogens (tertiary/aromatic N) is 5. The Labute approximate surface area is 190 Å². The third kappa shape index (κ3) is 5.15. The van der Waals surface area contributed by atoms with E-state index in [9.17, 15) is 14.9 Å². The highest BCUT2D eigenvalue weighted by molar-refractivity contribution is 9.10. The number of thiazole rings is 1. The number of carbonyl (C=O) groups excluding carboxylic acids is 1. The smallest absolute Gasteiger partial charge is 0.269 e. The van der Waals surface area contributed by atoms with Crippen molar-refractivity contribution in [3.8, 4) is 0 Å². The second-order valence-corrected chi connectivity index (χ2v) is 8.83. The fraction of sp³-hybridized carbons (Fsp3) is 0.190. The zero-order valence-corrected chi connectivity index (χ0v) is 18.8. The molecule has 8 nitrogen and oxygen atoms in total. The van der Waals surface area contributed by atoms with Crippen molar-refractivity contribution in [2.24, 2.45) is 0 Å². The molecule has 0 saturated heterocycles. The number of anilines is 1. The van der Waals surface area contributed by atoms with Gasteiger partial charge in [-0.2, -0.15) is 0 Å². The molecule has 0 N–H and O–H groups in total. The van der Waals surface area contributed by atoms with Crippen molar-refractivity contribution in [3.63, 3.8) is 0 Å². The number of hydrogen-bond donors (Lipinski definition) is 0. The Bertz CT molecular complexity index is 1210. The summed E-state index contributed by atoms with van der Waals surface area (Å²) in [5.74, 6) is -0.0994. The normalized spacial score (nSPS) is 11.0. The lowest BCUT2D eigenvalue weighted by molar-refractivity contribution is -0.384. The van der Waals surface area contributed by atoms with Gasteiger partial charge >= 0.3 is 0 Å². The zero-order chi connectivity index (χ0) is 21.8. The van der Waals surface area contributed by atoms with E-state index in [2.05, 4.69) is 25.9 Å². The highest BCUT2D eigenvalue weighted by Crippen LogP contribution is 2.31. The first kappa shape index (κ1) is 21.1. The van der Waals surface area contributed by atoms with Gasteiger partial charge in [-0.05, 0) is 30.2 Å². The molecule has 0 aliphatic rings. The molecule has 0 fully saturated rings. The first-order valence-corrected chi connectivity index (χ1v) is 11.2. The van der Waals surface area contributed by atoms with Crippen molar-refractivity contribution in [1.82, 2.24) is 14.5 Å². The standard InChI is InChI=1S/C21H18BrN5O3S/c22-16-4-7-18-19(13-16)31-21(24-18)26(10-1-9-25-11-8-23-14-25)20(28)12-15-2-5-17(6-3-15)27(29)30/h2-8,11,13-14H,1,9-10,12H2. The number of imidazole rings is 1. The van der Waals surface area contributed by atoms with Crippen LogP contribution in [-0.4, -0.2) is 31.9 Å². The van der Waals surface area contributed by atoms with Crippen molar-refractivity contribution in [2.45, 2.75) is 19.4 Å². The molecule has 0 spiro atoms. The number of fused-ring (bicyclic) bond motifs is 1. The Morgan fingerprint density at radius 1 is 1.23 bits per heavy atom. The second kappa shape index (κ2) is 9.36. The van der Waals surface area contributed by atoms with E-state index in [1.54, 1.807) is 29.6 Å². The molecule has 0 bridgehead atoms. The predicted octanol–water partition coefficient (Wildman–Crippen LogP) is 4.83. The van der Waals surface area contributed by atoms with Crippen LogP contribution in [0.25, 0.3) is 10.2 Å². The van der Waals surface area contributed by atoms with Gasteiger partial charge in [0.05, 0.1) is 27.9 Å². The van der Waals surface area contributed by atoms with Gasteiger partial charge in [0, 0.05) is 42.1 Å². The third-order valence-electron chi connectivity index (χ3n) is 4.73. The van der Waals surface area contributed by atoms with Gasteiger partial charge < -0.3 is 4.57 Å². The van der Waals surface area contributed by atoms with E-state index in [0.29, 0.717) is 11.7 Å². The maximum atomic E-state index is 13.2. The number of nitro groups is 1. The summed E-state index contributed by atoms with van der Waals surface area (Å²) >= 11 is 4.94. The highest BCUT2D eigenvalue weighted by atomic mass is 79.9. The lowest BCUT2D eigenvalue weighted by Gasteiger charge is -2.20. The molecule has 4 rings (SSSR count). The highest BCUT2D eigenvalue weighted by Gasteiger charge is 2.20. The van der Waals surface area contributed by atoms with E-state index in [4.69, 9.17) is 0 Å². The van der Waals surface area contributed by atoms with Crippen LogP contribution in [0.4, 0.5) is 10.8 Å².